The molecule has 0 saturated carbocycles. The normalized spacial score (nSPS) is 22.8. The van der Waals surface area contributed by atoms with Gasteiger partial charge in [-0.2, -0.15) is 0 Å². The van der Waals surface area contributed by atoms with Crippen LogP contribution in [0.15, 0.2) is 18.2 Å². The zero-order chi connectivity index (χ0) is 13.1. The number of hydrogen-bond donors (Lipinski definition) is 2. The van der Waals surface area contributed by atoms with Crippen LogP contribution in [0.25, 0.3) is 0 Å². The Balaban J connectivity index is 2.21. The van der Waals surface area contributed by atoms with E-state index in [1.807, 2.05) is 0 Å². The second-order valence-electron chi connectivity index (χ2n) is 4.73. The molecule has 3 N–H and O–H groups in total. The van der Waals surface area contributed by atoms with E-state index in [1.165, 1.54) is 12.1 Å². The minimum absolute atomic E-state index is 0.111. The molecule has 0 bridgehead atoms. The Hall–Kier alpha value is -1.17. The fourth-order valence-corrected chi connectivity index (χ4v) is 2.36. The number of hydrogen-bond acceptors (Lipinski definition) is 4. The molecule has 1 saturated heterocycles. The molecule has 0 aromatic heterocycles. The molecule has 0 amide bonds. The third-order valence-electron chi connectivity index (χ3n) is 3.39. The molecule has 1 heterocycles. The van der Waals surface area contributed by atoms with Crippen molar-refractivity contribution in [1.82, 2.24) is 10.2 Å². The highest BCUT2D eigenvalue weighted by Gasteiger charge is 2.26. The molecular weight excluding hydrogens is 233 g/mol. The molecule has 1 aromatic carbocycles. The summed E-state index contributed by atoms with van der Waals surface area (Å²) in [6.45, 7) is 2.75. The summed E-state index contributed by atoms with van der Waals surface area (Å²) >= 11 is 0. The molecule has 2 unspecified atom stereocenters. The molecule has 1 aliphatic heterocycles. The minimum Gasteiger partial charge on any atom is -0.496 e. The van der Waals surface area contributed by atoms with E-state index in [9.17, 15) is 4.39 Å². The van der Waals surface area contributed by atoms with Crippen molar-refractivity contribution in [3.63, 3.8) is 0 Å². The summed E-state index contributed by atoms with van der Waals surface area (Å²) in [6.07, 6.45) is 0. The molecule has 0 spiro atoms. The summed E-state index contributed by atoms with van der Waals surface area (Å²) in [5.41, 5.74) is 6.95. The van der Waals surface area contributed by atoms with Gasteiger partial charge in [0.15, 0.2) is 0 Å². The van der Waals surface area contributed by atoms with Crippen molar-refractivity contribution in [2.45, 2.75) is 12.1 Å². The van der Waals surface area contributed by atoms with Crippen LogP contribution in [0.2, 0.25) is 0 Å². The first kappa shape index (κ1) is 13.3. The zero-order valence-corrected chi connectivity index (χ0v) is 10.8. The molecule has 2 atom stereocenters. The molecule has 1 fully saturated rings. The monoisotopic (exact) mass is 253 g/mol. The van der Waals surface area contributed by atoms with Gasteiger partial charge in [-0.15, -0.1) is 0 Å². The minimum atomic E-state index is -0.287. The fraction of sp³-hybridized carbons (Fsp3) is 0.538. The van der Waals surface area contributed by atoms with Gasteiger partial charge in [0.05, 0.1) is 13.2 Å². The molecule has 1 aromatic rings. The first-order valence-electron chi connectivity index (χ1n) is 6.12. The van der Waals surface area contributed by atoms with Crippen molar-refractivity contribution < 1.29 is 9.13 Å². The summed E-state index contributed by atoms with van der Waals surface area (Å²) < 4.78 is 18.6. The van der Waals surface area contributed by atoms with Crippen molar-refractivity contribution in [2.75, 3.05) is 33.8 Å². The van der Waals surface area contributed by atoms with Gasteiger partial charge in [0.25, 0.3) is 0 Å². The number of halogens is 1. The van der Waals surface area contributed by atoms with Gasteiger partial charge in [0, 0.05) is 31.2 Å². The number of nitrogens with one attached hydrogen (secondary N) is 1. The van der Waals surface area contributed by atoms with Gasteiger partial charge in [0.2, 0.25) is 0 Å². The number of nitrogens with zero attached hydrogens (tertiary/aromatic N) is 1. The fourth-order valence-electron chi connectivity index (χ4n) is 2.36. The van der Waals surface area contributed by atoms with Gasteiger partial charge in [-0.25, -0.2) is 4.39 Å². The molecule has 100 valence electrons. The van der Waals surface area contributed by atoms with Gasteiger partial charge in [0.1, 0.15) is 11.6 Å². The third kappa shape index (κ3) is 2.80. The van der Waals surface area contributed by atoms with Crippen LogP contribution in [0.5, 0.6) is 5.75 Å². The molecule has 18 heavy (non-hydrogen) atoms. The van der Waals surface area contributed by atoms with Gasteiger partial charge in [-0.1, -0.05) is 0 Å². The lowest BCUT2D eigenvalue weighted by Gasteiger charge is -2.35. The Morgan fingerprint density at radius 3 is 3.00 bits per heavy atom. The highest BCUT2D eigenvalue weighted by atomic mass is 19.1. The summed E-state index contributed by atoms with van der Waals surface area (Å²) in [5, 5.41) is 3.37. The van der Waals surface area contributed by atoms with Gasteiger partial charge < -0.3 is 20.7 Å². The van der Waals surface area contributed by atoms with Crippen LogP contribution in [-0.4, -0.2) is 44.7 Å². The average Bonchev–Trinajstić information content (AvgIpc) is 2.38. The van der Waals surface area contributed by atoms with Crippen LogP contribution in [0, 0.1) is 5.82 Å². The summed E-state index contributed by atoms with van der Waals surface area (Å²) in [4.78, 5) is 2.22. The highest BCUT2D eigenvalue weighted by Crippen LogP contribution is 2.27. The van der Waals surface area contributed by atoms with Crippen LogP contribution in [0.4, 0.5) is 4.39 Å². The zero-order valence-electron chi connectivity index (χ0n) is 10.8. The average molecular weight is 253 g/mol. The van der Waals surface area contributed by atoms with Crippen LogP contribution >= 0.6 is 0 Å². The maximum atomic E-state index is 13.3. The van der Waals surface area contributed by atoms with Gasteiger partial charge >= 0.3 is 0 Å². The van der Waals surface area contributed by atoms with Crippen LogP contribution in [0.3, 0.4) is 0 Å². The van der Waals surface area contributed by atoms with E-state index in [0.717, 1.165) is 19.6 Å². The Morgan fingerprint density at radius 1 is 1.56 bits per heavy atom. The van der Waals surface area contributed by atoms with Crippen molar-refractivity contribution in [3.05, 3.63) is 29.6 Å². The van der Waals surface area contributed by atoms with E-state index >= 15 is 0 Å². The van der Waals surface area contributed by atoms with Gasteiger partial charge in [-0.3, -0.25) is 0 Å². The van der Waals surface area contributed by atoms with E-state index in [2.05, 4.69) is 17.3 Å². The highest BCUT2D eigenvalue weighted by molar-refractivity contribution is 5.37. The van der Waals surface area contributed by atoms with E-state index in [-0.39, 0.29) is 17.9 Å². The maximum Gasteiger partial charge on any atom is 0.123 e. The van der Waals surface area contributed by atoms with Crippen LogP contribution < -0.4 is 15.8 Å². The van der Waals surface area contributed by atoms with E-state index in [1.54, 1.807) is 13.2 Å². The molecule has 2 rings (SSSR count). The lowest BCUT2D eigenvalue weighted by atomic mass is 9.97. The lowest BCUT2D eigenvalue weighted by Crippen LogP contribution is -2.53. The van der Waals surface area contributed by atoms with E-state index in [0.29, 0.717) is 11.3 Å². The Morgan fingerprint density at radius 2 is 2.33 bits per heavy atom. The van der Waals surface area contributed by atoms with Crippen LogP contribution in [0.1, 0.15) is 11.6 Å². The standard InChI is InChI=1S/C13H20FN3O/c1-17-6-5-16-11(8-17)13(15)10-7-9(14)3-4-12(10)18-2/h3-4,7,11,13,16H,5-6,8,15H2,1-2H3. The predicted octanol–water partition coefficient (Wildman–Crippen LogP) is 0.738. The van der Waals surface area contributed by atoms with Crippen molar-refractivity contribution in [1.29, 1.82) is 0 Å². The molecule has 1 aliphatic rings. The van der Waals surface area contributed by atoms with Crippen molar-refractivity contribution in [3.8, 4) is 5.75 Å². The molecular formula is C13H20FN3O. The Bertz CT molecular complexity index is 413. The number of rotatable bonds is 3. The number of piperazine rings is 1. The SMILES string of the molecule is COc1ccc(F)cc1C(N)C1CN(C)CCN1. The maximum absolute atomic E-state index is 13.3. The lowest BCUT2D eigenvalue weighted by molar-refractivity contribution is 0.218. The molecule has 4 nitrogen and oxygen atoms in total. The Kier molecular flexibility index (Phi) is 4.16. The number of nitrogens with two attached hydrogens (primary N) is 1. The van der Waals surface area contributed by atoms with Crippen molar-refractivity contribution in [2.24, 2.45) is 5.73 Å². The van der Waals surface area contributed by atoms with E-state index < -0.39 is 0 Å². The summed E-state index contributed by atoms with van der Waals surface area (Å²) in [7, 11) is 3.63. The second-order valence-corrected chi connectivity index (χ2v) is 4.73. The quantitative estimate of drug-likeness (QED) is 0.834. The molecule has 5 heteroatoms. The van der Waals surface area contributed by atoms with Crippen molar-refractivity contribution >= 4 is 0 Å². The van der Waals surface area contributed by atoms with E-state index in [4.69, 9.17) is 10.5 Å². The largest absolute Gasteiger partial charge is 0.496 e. The summed E-state index contributed by atoms with van der Waals surface area (Å²) in [5.74, 6) is 0.351. The molecule has 0 radical (unpaired) electrons. The van der Waals surface area contributed by atoms with Gasteiger partial charge in [-0.05, 0) is 25.2 Å². The predicted molar refractivity (Wildman–Crippen MR) is 69.2 cm³/mol. The topological polar surface area (TPSA) is 50.5 Å². The summed E-state index contributed by atoms with van der Waals surface area (Å²) in [6, 6.07) is 4.30. The smallest absolute Gasteiger partial charge is 0.123 e. The number of likely N-dealkylation sites (N-methyl/N-ethyl adjacent to an activating group) is 1. The number of benzene rings is 1. The molecule has 0 aliphatic carbocycles. The number of methoxy groups -OCH3 is 1. The Labute approximate surface area is 107 Å². The number of ether oxygens (including phenoxy) is 1. The third-order valence-corrected chi connectivity index (χ3v) is 3.39. The van der Waals surface area contributed by atoms with Crippen LogP contribution in [-0.2, 0) is 0 Å². The first-order chi connectivity index (χ1) is 8.61. The second kappa shape index (κ2) is 5.65. The first-order valence-corrected chi connectivity index (χ1v) is 6.12.